The Morgan fingerprint density at radius 3 is 2.47 bits per heavy atom. The summed E-state index contributed by atoms with van der Waals surface area (Å²) in [6, 6.07) is 4.40. The minimum absolute atomic E-state index is 0.844. The van der Waals surface area contributed by atoms with E-state index in [1.165, 1.54) is 16.7 Å². The van der Waals surface area contributed by atoms with Gasteiger partial charge >= 0.3 is 0 Å². The third-order valence-electron chi connectivity index (χ3n) is 3.31. The molecule has 0 atom stereocenters. The van der Waals surface area contributed by atoms with E-state index < -0.39 is 0 Å². The Hall–Kier alpha value is -1.90. The summed E-state index contributed by atoms with van der Waals surface area (Å²) >= 11 is 0. The van der Waals surface area contributed by atoms with Gasteiger partial charge in [0.1, 0.15) is 5.82 Å². The molecular formula is C16H21N3. The van der Waals surface area contributed by atoms with Crippen molar-refractivity contribution in [3.8, 4) is 11.3 Å². The lowest BCUT2D eigenvalue weighted by atomic mass is 9.99. The van der Waals surface area contributed by atoms with Gasteiger partial charge in [0.25, 0.3) is 0 Å². The highest BCUT2D eigenvalue weighted by atomic mass is 15.0. The fourth-order valence-electron chi connectivity index (χ4n) is 2.07. The fourth-order valence-corrected chi connectivity index (χ4v) is 2.07. The second-order valence-corrected chi connectivity index (χ2v) is 4.97. The first-order valence-electron chi connectivity index (χ1n) is 6.76. The van der Waals surface area contributed by atoms with E-state index in [1.807, 2.05) is 6.20 Å². The van der Waals surface area contributed by atoms with Crippen molar-refractivity contribution in [3.63, 3.8) is 0 Å². The summed E-state index contributed by atoms with van der Waals surface area (Å²) in [6.07, 6.45) is 4.68. The Bertz CT molecular complexity index is 576. The standard InChI is InChI=1S/C16H21N3/c1-5-6-18-16-10-17-9-15(19-16)14-8-12(3)11(2)7-13(14)4/h7-10H,5-6H2,1-4H3,(H,18,19). The van der Waals surface area contributed by atoms with Gasteiger partial charge in [0, 0.05) is 12.1 Å². The van der Waals surface area contributed by atoms with Crippen molar-refractivity contribution in [1.29, 1.82) is 0 Å². The van der Waals surface area contributed by atoms with Gasteiger partial charge in [-0.15, -0.1) is 0 Å². The summed E-state index contributed by atoms with van der Waals surface area (Å²) < 4.78 is 0. The number of aromatic nitrogens is 2. The van der Waals surface area contributed by atoms with Crippen LogP contribution < -0.4 is 5.32 Å². The highest BCUT2D eigenvalue weighted by Crippen LogP contribution is 2.25. The van der Waals surface area contributed by atoms with Crippen LogP contribution in [-0.2, 0) is 0 Å². The van der Waals surface area contributed by atoms with Crippen LogP contribution in [0.15, 0.2) is 24.5 Å². The van der Waals surface area contributed by atoms with Crippen LogP contribution in [0.1, 0.15) is 30.0 Å². The van der Waals surface area contributed by atoms with Crippen LogP contribution in [0.5, 0.6) is 0 Å². The highest BCUT2D eigenvalue weighted by molar-refractivity contribution is 5.65. The molecule has 0 saturated heterocycles. The van der Waals surface area contributed by atoms with E-state index in [2.05, 4.69) is 55.1 Å². The van der Waals surface area contributed by atoms with Crippen LogP contribution in [-0.4, -0.2) is 16.5 Å². The molecule has 0 fully saturated rings. The number of aryl methyl sites for hydroxylation is 3. The molecule has 0 spiro atoms. The molecule has 0 aliphatic carbocycles. The van der Waals surface area contributed by atoms with E-state index in [0.29, 0.717) is 0 Å². The van der Waals surface area contributed by atoms with Gasteiger partial charge in [0.15, 0.2) is 0 Å². The molecule has 0 aliphatic rings. The van der Waals surface area contributed by atoms with Gasteiger partial charge in [0.05, 0.1) is 18.1 Å². The van der Waals surface area contributed by atoms with E-state index in [1.54, 1.807) is 6.20 Å². The molecular weight excluding hydrogens is 234 g/mol. The summed E-state index contributed by atoms with van der Waals surface area (Å²) in [7, 11) is 0. The molecule has 1 aromatic carbocycles. The number of nitrogens with one attached hydrogen (secondary N) is 1. The largest absolute Gasteiger partial charge is 0.369 e. The van der Waals surface area contributed by atoms with Crippen LogP contribution in [0.3, 0.4) is 0 Å². The van der Waals surface area contributed by atoms with Crippen LogP contribution in [0, 0.1) is 20.8 Å². The predicted molar refractivity (Wildman–Crippen MR) is 80.5 cm³/mol. The number of hydrogen-bond acceptors (Lipinski definition) is 3. The molecule has 0 saturated carbocycles. The Labute approximate surface area is 115 Å². The molecule has 3 heteroatoms. The van der Waals surface area contributed by atoms with Crippen molar-refractivity contribution in [1.82, 2.24) is 9.97 Å². The Morgan fingerprint density at radius 1 is 1.00 bits per heavy atom. The maximum atomic E-state index is 4.64. The van der Waals surface area contributed by atoms with Crippen LogP contribution in [0.4, 0.5) is 5.82 Å². The van der Waals surface area contributed by atoms with E-state index in [9.17, 15) is 0 Å². The van der Waals surface area contributed by atoms with Crippen molar-refractivity contribution >= 4 is 5.82 Å². The first kappa shape index (κ1) is 13.5. The lowest BCUT2D eigenvalue weighted by Gasteiger charge is -2.10. The van der Waals surface area contributed by atoms with Crippen LogP contribution in [0.2, 0.25) is 0 Å². The molecule has 2 aromatic rings. The molecule has 0 unspecified atom stereocenters. The summed E-state index contributed by atoms with van der Waals surface area (Å²) in [5, 5.41) is 3.28. The number of benzene rings is 1. The van der Waals surface area contributed by atoms with E-state index in [4.69, 9.17) is 0 Å². The second-order valence-electron chi connectivity index (χ2n) is 4.97. The zero-order valence-corrected chi connectivity index (χ0v) is 12.1. The molecule has 2 rings (SSSR count). The molecule has 0 radical (unpaired) electrons. The summed E-state index contributed by atoms with van der Waals surface area (Å²) in [5.74, 6) is 0.844. The van der Waals surface area contributed by atoms with Gasteiger partial charge in [-0.3, -0.25) is 4.98 Å². The monoisotopic (exact) mass is 255 g/mol. The van der Waals surface area contributed by atoms with Crippen LogP contribution >= 0.6 is 0 Å². The summed E-state index contributed by atoms with van der Waals surface area (Å²) in [6.45, 7) is 9.44. The van der Waals surface area contributed by atoms with Crippen molar-refractivity contribution < 1.29 is 0 Å². The van der Waals surface area contributed by atoms with Crippen molar-refractivity contribution in [2.24, 2.45) is 0 Å². The first-order valence-corrected chi connectivity index (χ1v) is 6.76. The minimum atomic E-state index is 0.844. The molecule has 0 bridgehead atoms. The zero-order chi connectivity index (χ0) is 13.8. The molecule has 3 nitrogen and oxygen atoms in total. The SMILES string of the molecule is CCCNc1cncc(-c2cc(C)c(C)cc2C)n1. The summed E-state index contributed by atoms with van der Waals surface area (Å²) in [5.41, 5.74) is 5.94. The molecule has 1 heterocycles. The maximum Gasteiger partial charge on any atom is 0.145 e. The van der Waals surface area contributed by atoms with Gasteiger partial charge in [-0.2, -0.15) is 0 Å². The van der Waals surface area contributed by atoms with E-state index in [0.717, 1.165) is 30.0 Å². The molecule has 0 aliphatic heterocycles. The fraction of sp³-hybridized carbons (Fsp3) is 0.375. The molecule has 19 heavy (non-hydrogen) atoms. The van der Waals surface area contributed by atoms with E-state index >= 15 is 0 Å². The van der Waals surface area contributed by atoms with Crippen molar-refractivity contribution in [2.75, 3.05) is 11.9 Å². The van der Waals surface area contributed by atoms with E-state index in [-0.39, 0.29) is 0 Å². The molecule has 1 aromatic heterocycles. The Kier molecular flexibility index (Phi) is 4.15. The normalized spacial score (nSPS) is 10.5. The third-order valence-corrected chi connectivity index (χ3v) is 3.31. The lowest BCUT2D eigenvalue weighted by molar-refractivity contribution is 0.965. The van der Waals surface area contributed by atoms with Gasteiger partial charge in [-0.05, 0) is 49.9 Å². The molecule has 1 N–H and O–H groups in total. The number of rotatable bonds is 4. The van der Waals surface area contributed by atoms with Crippen LogP contribution in [0.25, 0.3) is 11.3 Å². The molecule has 100 valence electrons. The number of anilines is 1. The average Bonchev–Trinajstić information content (AvgIpc) is 2.41. The minimum Gasteiger partial charge on any atom is -0.369 e. The first-order chi connectivity index (χ1) is 9.11. The quantitative estimate of drug-likeness (QED) is 0.900. The highest BCUT2D eigenvalue weighted by Gasteiger charge is 2.07. The van der Waals surface area contributed by atoms with Gasteiger partial charge in [0.2, 0.25) is 0 Å². The number of nitrogens with zero attached hydrogens (tertiary/aromatic N) is 2. The lowest BCUT2D eigenvalue weighted by Crippen LogP contribution is -2.03. The van der Waals surface area contributed by atoms with Gasteiger partial charge in [-0.25, -0.2) is 4.98 Å². The third kappa shape index (κ3) is 3.11. The smallest absolute Gasteiger partial charge is 0.145 e. The van der Waals surface area contributed by atoms with Gasteiger partial charge < -0.3 is 5.32 Å². The second kappa shape index (κ2) is 5.83. The predicted octanol–water partition coefficient (Wildman–Crippen LogP) is 3.89. The number of hydrogen-bond donors (Lipinski definition) is 1. The summed E-state index contributed by atoms with van der Waals surface area (Å²) in [4.78, 5) is 8.92. The Balaban J connectivity index is 2.38. The zero-order valence-electron chi connectivity index (χ0n) is 12.1. The average molecular weight is 255 g/mol. The van der Waals surface area contributed by atoms with Gasteiger partial charge in [-0.1, -0.05) is 13.0 Å². The Morgan fingerprint density at radius 2 is 1.74 bits per heavy atom. The molecule has 0 amide bonds. The van der Waals surface area contributed by atoms with Crippen molar-refractivity contribution in [2.45, 2.75) is 34.1 Å². The maximum absolute atomic E-state index is 4.64. The topological polar surface area (TPSA) is 37.8 Å². The van der Waals surface area contributed by atoms with Crippen molar-refractivity contribution in [3.05, 3.63) is 41.2 Å².